The highest BCUT2D eigenvalue weighted by molar-refractivity contribution is 5.52. The number of likely N-dealkylation sites (tertiary alicyclic amines) is 1. The largest absolute Gasteiger partial charge is 0.345 e. The molecular weight excluding hydrogens is 282 g/mol. The van der Waals surface area contributed by atoms with Gasteiger partial charge in [-0.15, -0.1) is 0 Å². The molecule has 0 unspecified atom stereocenters. The van der Waals surface area contributed by atoms with Crippen molar-refractivity contribution in [2.24, 2.45) is 0 Å². The lowest BCUT2D eigenvalue weighted by Gasteiger charge is -2.34. The first kappa shape index (κ1) is 14.6. The first-order valence-electron chi connectivity index (χ1n) is 7.39. The average molecular weight is 301 g/mol. The van der Waals surface area contributed by atoms with Gasteiger partial charge in [0.1, 0.15) is 0 Å². The van der Waals surface area contributed by atoms with E-state index in [0.29, 0.717) is 24.3 Å². The lowest BCUT2D eigenvalue weighted by Crippen LogP contribution is -2.42. The molecule has 0 spiro atoms. The van der Waals surface area contributed by atoms with E-state index in [1.165, 1.54) is 0 Å². The average Bonchev–Trinajstić information content (AvgIpc) is 3.04. The Balaban J connectivity index is 1.59. The zero-order chi connectivity index (χ0) is 15.4. The number of hydrogen-bond donors (Lipinski definition) is 0. The van der Waals surface area contributed by atoms with Crippen molar-refractivity contribution in [3.05, 3.63) is 30.4 Å². The predicted molar refractivity (Wildman–Crippen MR) is 79.7 cm³/mol. The van der Waals surface area contributed by atoms with Crippen LogP contribution < -0.4 is 0 Å². The van der Waals surface area contributed by atoms with Crippen LogP contribution in [0.25, 0.3) is 11.4 Å². The third-order valence-electron chi connectivity index (χ3n) is 4.06. The van der Waals surface area contributed by atoms with E-state index < -0.39 is 0 Å². The van der Waals surface area contributed by atoms with Crippen molar-refractivity contribution in [1.29, 1.82) is 0 Å². The molecule has 3 rings (SSSR count). The molecule has 0 N–H and O–H groups in total. The first-order valence-corrected chi connectivity index (χ1v) is 7.39. The maximum atomic E-state index is 10.7. The molecule has 22 heavy (non-hydrogen) atoms. The Morgan fingerprint density at radius 3 is 2.77 bits per heavy atom. The lowest BCUT2D eigenvalue weighted by molar-refractivity contribution is -0.119. The summed E-state index contributed by atoms with van der Waals surface area (Å²) in [6.45, 7) is 2.24. The first-order chi connectivity index (χ1) is 10.8. The third-order valence-corrected chi connectivity index (χ3v) is 4.06. The van der Waals surface area contributed by atoms with Crippen molar-refractivity contribution in [3.63, 3.8) is 0 Å². The van der Waals surface area contributed by atoms with Gasteiger partial charge in [0, 0.05) is 37.1 Å². The van der Waals surface area contributed by atoms with Gasteiger partial charge in [0.2, 0.25) is 18.1 Å². The SMILES string of the molecule is CN(Cc1nc(-c2ccncc2)no1)C1CCN(C=O)CC1. The van der Waals surface area contributed by atoms with E-state index >= 15 is 0 Å². The van der Waals surface area contributed by atoms with Crippen LogP contribution in [-0.2, 0) is 11.3 Å². The summed E-state index contributed by atoms with van der Waals surface area (Å²) >= 11 is 0. The van der Waals surface area contributed by atoms with Gasteiger partial charge in [-0.3, -0.25) is 14.7 Å². The van der Waals surface area contributed by atoms with Gasteiger partial charge in [-0.1, -0.05) is 5.16 Å². The van der Waals surface area contributed by atoms with Gasteiger partial charge < -0.3 is 9.42 Å². The Morgan fingerprint density at radius 2 is 2.09 bits per heavy atom. The van der Waals surface area contributed by atoms with Gasteiger partial charge in [0.05, 0.1) is 6.54 Å². The second-order valence-electron chi connectivity index (χ2n) is 5.54. The summed E-state index contributed by atoms with van der Waals surface area (Å²) in [5.41, 5.74) is 0.895. The van der Waals surface area contributed by atoms with Crippen LogP contribution in [0.1, 0.15) is 18.7 Å². The minimum atomic E-state index is 0.437. The van der Waals surface area contributed by atoms with Crippen LogP contribution >= 0.6 is 0 Å². The molecule has 0 bridgehead atoms. The number of rotatable bonds is 5. The minimum absolute atomic E-state index is 0.437. The molecule has 1 amide bonds. The molecule has 0 saturated carbocycles. The summed E-state index contributed by atoms with van der Waals surface area (Å²) in [5.74, 6) is 1.19. The van der Waals surface area contributed by atoms with E-state index in [2.05, 4.69) is 27.1 Å². The Morgan fingerprint density at radius 1 is 1.36 bits per heavy atom. The molecule has 0 atom stereocenters. The molecule has 1 aliphatic heterocycles. The molecule has 7 heteroatoms. The molecule has 7 nitrogen and oxygen atoms in total. The highest BCUT2D eigenvalue weighted by Gasteiger charge is 2.23. The van der Waals surface area contributed by atoms with Crippen LogP contribution in [0, 0.1) is 0 Å². The van der Waals surface area contributed by atoms with Gasteiger partial charge in [-0.05, 0) is 32.0 Å². The van der Waals surface area contributed by atoms with E-state index in [9.17, 15) is 4.79 Å². The van der Waals surface area contributed by atoms with Gasteiger partial charge in [0.15, 0.2) is 0 Å². The van der Waals surface area contributed by atoms with Crippen molar-refractivity contribution in [2.75, 3.05) is 20.1 Å². The molecule has 1 saturated heterocycles. The second kappa shape index (κ2) is 6.65. The van der Waals surface area contributed by atoms with Gasteiger partial charge >= 0.3 is 0 Å². The molecule has 2 aromatic heterocycles. The molecule has 2 aromatic rings. The van der Waals surface area contributed by atoms with Crippen molar-refractivity contribution < 1.29 is 9.32 Å². The molecule has 0 aromatic carbocycles. The van der Waals surface area contributed by atoms with E-state index in [1.54, 1.807) is 12.4 Å². The fourth-order valence-electron chi connectivity index (χ4n) is 2.71. The number of hydrogen-bond acceptors (Lipinski definition) is 6. The number of carbonyl (C=O) groups is 1. The maximum absolute atomic E-state index is 10.7. The van der Waals surface area contributed by atoms with Crippen LogP contribution in [0.5, 0.6) is 0 Å². The van der Waals surface area contributed by atoms with Gasteiger partial charge in [0.25, 0.3) is 0 Å². The number of carbonyl (C=O) groups excluding carboxylic acids is 1. The van der Waals surface area contributed by atoms with E-state index in [1.807, 2.05) is 17.0 Å². The molecule has 0 aliphatic carbocycles. The van der Waals surface area contributed by atoms with Crippen LogP contribution in [0.3, 0.4) is 0 Å². The Labute approximate surface area is 128 Å². The lowest BCUT2D eigenvalue weighted by atomic mass is 10.0. The Kier molecular flexibility index (Phi) is 4.43. The van der Waals surface area contributed by atoms with E-state index in [-0.39, 0.29) is 0 Å². The Hall–Kier alpha value is -2.28. The van der Waals surface area contributed by atoms with Crippen molar-refractivity contribution >= 4 is 6.41 Å². The zero-order valence-electron chi connectivity index (χ0n) is 12.6. The number of pyridine rings is 1. The molecular formula is C15H19N5O2. The summed E-state index contributed by atoms with van der Waals surface area (Å²) in [6.07, 6.45) is 6.28. The van der Waals surface area contributed by atoms with Crippen LogP contribution in [0.15, 0.2) is 29.0 Å². The van der Waals surface area contributed by atoms with Crippen LogP contribution in [0.4, 0.5) is 0 Å². The van der Waals surface area contributed by atoms with Crippen molar-refractivity contribution in [2.45, 2.75) is 25.4 Å². The monoisotopic (exact) mass is 301 g/mol. The number of amides is 1. The predicted octanol–water partition coefficient (Wildman–Crippen LogP) is 1.18. The van der Waals surface area contributed by atoms with Crippen molar-refractivity contribution in [1.82, 2.24) is 24.9 Å². The van der Waals surface area contributed by atoms with Crippen LogP contribution in [0.2, 0.25) is 0 Å². The topological polar surface area (TPSA) is 75.4 Å². The summed E-state index contributed by atoms with van der Waals surface area (Å²) < 4.78 is 5.33. The van der Waals surface area contributed by atoms with Crippen molar-refractivity contribution in [3.8, 4) is 11.4 Å². The quantitative estimate of drug-likeness (QED) is 0.772. The van der Waals surface area contributed by atoms with Crippen LogP contribution in [-0.4, -0.2) is 57.5 Å². The van der Waals surface area contributed by atoms with E-state index in [4.69, 9.17) is 4.52 Å². The third kappa shape index (κ3) is 3.30. The second-order valence-corrected chi connectivity index (χ2v) is 5.54. The smallest absolute Gasteiger partial charge is 0.241 e. The van der Waals surface area contributed by atoms with Gasteiger partial charge in [-0.2, -0.15) is 4.98 Å². The maximum Gasteiger partial charge on any atom is 0.241 e. The fraction of sp³-hybridized carbons (Fsp3) is 0.467. The molecule has 1 fully saturated rings. The fourth-order valence-corrected chi connectivity index (χ4v) is 2.71. The van der Waals surface area contributed by atoms with E-state index in [0.717, 1.165) is 37.9 Å². The molecule has 116 valence electrons. The summed E-state index contributed by atoms with van der Waals surface area (Å²) in [4.78, 5) is 23.2. The number of nitrogens with zero attached hydrogens (tertiary/aromatic N) is 5. The van der Waals surface area contributed by atoms with Gasteiger partial charge in [-0.25, -0.2) is 0 Å². The summed E-state index contributed by atoms with van der Waals surface area (Å²) in [7, 11) is 2.05. The normalized spacial score (nSPS) is 16.2. The molecule has 1 aliphatic rings. The molecule has 0 radical (unpaired) electrons. The number of piperidine rings is 1. The summed E-state index contributed by atoms with van der Waals surface area (Å²) in [6, 6.07) is 4.15. The standard InChI is InChI=1S/C15H19N5O2/c1-19(13-4-8-20(11-21)9-5-13)10-14-17-15(18-22-14)12-2-6-16-7-3-12/h2-3,6-7,11,13H,4-5,8-10H2,1H3. The summed E-state index contributed by atoms with van der Waals surface area (Å²) in [5, 5.41) is 4.01. The highest BCUT2D eigenvalue weighted by Crippen LogP contribution is 2.18. The Bertz CT molecular complexity index is 607. The number of aromatic nitrogens is 3. The molecule has 3 heterocycles. The highest BCUT2D eigenvalue weighted by atomic mass is 16.5. The zero-order valence-corrected chi connectivity index (χ0v) is 12.6. The minimum Gasteiger partial charge on any atom is -0.345 e.